The Kier molecular flexibility index (Phi) is 6.66. The zero-order chi connectivity index (χ0) is 22.7. The standard InChI is InChI=1S/C22H22ClF2N5O2/c1-14(29-11-21(27-13-29)15-2-3-19(23)20(25)6-15)4-5-26-22(31)12-32-18-7-17(8-18)30-10-16(24)9-28-30/h2-3,6,9-11,13,17-18H,1,4-5,7-8,12H2,(H,26,31)/t17-,18+. The summed E-state index contributed by atoms with van der Waals surface area (Å²) in [5, 5.41) is 6.80. The summed E-state index contributed by atoms with van der Waals surface area (Å²) in [6.07, 6.45) is 7.75. The van der Waals surface area contributed by atoms with E-state index < -0.39 is 5.82 Å². The second-order valence-corrected chi connectivity index (χ2v) is 8.07. The molecule has 32 heavy (non-hydrogen) atoms. The molecule has 0 aliphatic heterocycles. The summed E-state index contributed by atoms with van der Waals surface area (Å²) in [6, 6.07) is 4.62. The number of carbonyl (C=O) groups excluding carboxylic acids is 1. The Labute approximate surface area is 188 Å². The highest BCUT2D eigenvalue weighted by molar-refractivity contribution is 6.30. The fourth-order valence-corrected chi connectivity index (χ4v) is 3.54. The van der Waals surface area contributed by atoms with E-state index in [1.54, 1.807) is 27.8 Å². The second kappa shape index (κ2) is 9.62. The van der Waals surface area contributed by atoms with Gasteiger partial charge in [-0.15, -0.1) is 0 Å². The molecular formula is C22H22ClF2N5O2. The van der Waals surface area contributed by atoms with E-state index >= 15 is 0 Å². The minimum absolute atomic E-state index is 0.0324. The molecule has 1 aliphatic rings. The molecule has 7 nitrogen and oxygen atoms in total. The van der Waals surface area contributed by atoms with Crippen LogP contribution in [0.4, 0.5) is 8.78 Å². The van der Waals surface area contributed by atoms with E-state index in [1.807, 2.05) is 0 Å². The summed E-state index contributed by atoms with van der Waals surface area (Å²) in [7, 11) is 0. The summed E-state index contributed by atoms with van der Waals surface area (Å²) < 4.78 is 35.6. The molecule has 1 aliphatic carbocycles. The highest BCUT2D eigenvalue weighted by atomic mass is 35.5. The first-order valence-corrected chi connectivity index (χ1v) is 10.5. The lowest BCUT2D eigenvalue weighted by Gasteiger charge is -2.34. The third-order valence-corrected chi connectivity index (χ3v) is 5.67. The molecule has 1 aromatic carbocycles. The number of halogens is 3. The van der Waals surface area contributed by atoms with Gasteiger partial charge in [0.25, 0.3) is 0 Å². The van der Waals surface area contributed by atoms with Crippen LogP contribution in [0.25, 0.3) is 17.0 Å². The Bertz CT molecular complexity index is 1120. The van der Waals surface area contributed by atoms with Crippen LogP contribution in [0.1, 0.15) is 25.3 Å². The molecule has 0 saturated heterocycles. The van der Waals surface area contributed by atoms with Crippen LogP contribution in [-0.2, 0) is 9.53 Å². The summed E-state index contributed by atoms with van der Waals surface area (Å²) in [6.45, 7) is 4.37. The van der Waals surface area contributed by atoms with Crippen molar-refractivity contribution in [2.24, 2.45) is 0 Å². The molecule has 0 radical (unpaired) electrons. The largest absolute Gasteiger partial charge is 0.368 e. The number of imidazole rings is 1. The third kappa shape index (κ3) is 5.23. The van der Waals surface area contributed by atoms with Crippen LogP contribution in [0, 0.1) is 11.6 Å². The molecule has 2 aromatic heterocycles. The molecule has 0 bridgehead atoms. The molecule has 1 fully saturated rings. The first-order valence-electron chi connectivity index (χ1n) is 10.1. The number of hydrogen-bond acceptors (Lipinski definition) is 4. The van der Waals surface area contributed by atoms with Crippen molar-refractivity contribution in [3.05, 3.63) is 66.4 Å². The van der Waals surface area contributed by atoms with Crippen LogP contribution in [0.15, 0.2) is 49.7 Å². The van der Waals surface area contributed by atoms with E-state index in [-0.39, 0.29) is 35.5 Å². The molecule has 3 aromatic rings. The monoisotopic (exact) mass is 461 g/mol. The van der Waals surface area contributed by atoms with Crippen molar-refractivity contribution in [1.29, 1.82) is 0 Å². The van der Waals surface area contributed by atoms with E-state index in [1.165, 1.54) is 24.5 Å². The van der Waals surface area contributed by atoms with E-state index in [0.717, 1.165) is 5.70 Å². The lowest BCUT2D eigenvalue weighted by molar-refractivity contribution is -0.130. The normalized spacial score (nSPS) is 17.7. The number of benzene rings is 1. The Morgan fingerprint density at radius 2 is 2.12 bits per heavy atom. The zero-order valence-corrected chi connectivity index (χ0v) is 17.9. The lowest BCUT2D eigenvalue weighted by Crippen LogP contribution is -2.37. The number of hydrogen-bond donors (Lipinski definition) is 1. The lowest BCUT2D eigenvalue weighted by atomic mass is 9.89. The Morgan fingerprint density at radius 1 is 1.31 bits per heavy atom. The number of carbonyl (C=O) groups is 1. The van der Waals surface area contributed by atoms with Crippen LogP contribution in [0.5, 0.6) is 0 Å². The average molecular weight is 462 g/mol. The summed E-state index contributed by atoms with van der Waals surface area (Å²) >= 11 is 5.72. The van der Waals surface area contributed by atoms with Crippen molar-refractivity contribution in [2.45, 2.75) is 31.4 Å². The van der Waals surface area contributed by atoms with Crippen LogP contribution < -0.4 is 5.32 Å². The topological polar surface area (TPSA) is 74.0 Å². The maximum atomic E-state index is 13.7. The molecule has 168 valence electrons. The van der Waals surface area contributed by atoms with Gasteiger partial charge in [-0.25, -0.2) is 13.8 Å². The molecule has 10 heteroatoms. The van der Waals surface area contributed by atoms with Gasteiger partial charge in [0.15, 0.2) is 5.82 Å². The Morgan fingerprint density at radius 3 is 2.84 bits per heavy atom. The maximum absolute atomic E-state index is 13.7. The molecule has 0 atom stereocenters. The van der Waals surface area contributed by atoms with Gasteiger partial charge in [0, 0.05) is 30.4 Å². The van der Waals surface area contributed by atoms with Crippen molar-refractivity contribution in [3.8, 4) is 11.3 Å². The van der Waals surface area contributed by atoms with Gasteiger partial charge in [0.05, 0.1) is 41.6 Å². The highest BCUT2D eigenvalue weighted by Crippen LogP contribution is 2.33. The van der Waals surface area contributed by atoms with Gasteiger partial charge in [-0.1, -0.05) is 24.2 Å². The summed E-state index contributed by atoms with van der Waals surface area (Å²) in [4.78, 5) is 16.3. The smallest absolute Gasteiger partial charge is 0.246 e. The molecule has 2 heterocycles. The van der Waals surface area contributed by atoms with Gasteiger partial charge in [-0.2, -0.15) is 5.10 Å². The summed E-state index contributed by atoms with van der Waals surface area (Å²) in [5.74, 6) is -1.08. The van der Waals surface area contributed by atoms with E-state index in [4.69, 9.17) is 16.3 Å². The van der Waals surface area contributed by atoms with Gasteiger partial charge in [-0.3, -0.25) is 9.48 Å². The molecule has 1 amide bonds. The fourth-order valence-electron chi connectivity index (χ4n) is 3.42. The SMILES string of the molecule is C=C(CCNC(=O)CO[C@H]1C[C@@H](n2cc(F)cn2)C1)n1cnc(-c2ccc(Cl)c(F)c2)c1. The average Bonchev–Trinajstić information content (AvgIpc) is 3.38. The second-order valence-electron chi connectivity index (χ2n) is 7.66. The third-order valence-electron chi connectivity index (χ3n) is 5.36. The number of nitrogens with one attached hydrogen (secondary N) is 1. The predicted octanol–water partition coefficient (Wildman–Crippen LogP) is 4.08. The molecule has 4 rings (SSSR count). The van der Waals surface area contributed by atoms with E-state index in [0.29, 0.717) is 37.1 Å². The van der Waals surface area contributed by atoms with E-state index in [2.05, 4.69) is 22.0 Å². The van der Waals surface area contributed by atoms with E-state index in [9.17, 15) is 13.6 Å². The number of amides is 1. The van der Waals surface area contributed by atoms with Crippen molar-refractivity contribution < 1.29 is 18.3 Å². The van der Waals surface area contributed by atoms with Gasteiger partial charge in [-0.05, 0) is 25.0 Å². The van der Waals surface area contributed by atoms with Gasteiger partial charge in [0.1, 0.15) is 12.4 Å². The molecule has 1 saturated carbocycles. The number of rotatable bonds is 9. The molecule has 0 unspecified atom stereocenters. The quantitative estimate of drug-likeness (QED) is 0.521. The Hall–Kier alpha value is -3.04. The van der Waals surface area contributed by atoms with Crippen LogP contribution in [0.3, 0.4) is 0 Å². The van der Waals surface area contributed by atoms with Gasteiger partial charge >= 0.3 is 0 Å². The zero-order valence-electron chi connectivity index (χ0n) is 17.2. The minimum atomic E-state index is -0.504. The first kappa shape index (κ1) is 22.2. The maximum Gasteiger partial charge on any atom is 0.246 e. The molecular weight excluding hydrogens is 440 g/mol. The highest BCUT2D eigenvalue weighted by Gasteiger charge is 2.32. The molecule has 1 N–H and O–H groups in total. The fraction of sp³-hybridized carbons (Fsp3) is 0.318. The van der Waals surface area contributed by atoms with Crippen molar-refractivity contribution in [1.82, 2.24) is 24.6 Å². The Balaban J connectivity index is 1.15. The number of aromatic nitrogens is 4. The van der Waals surface area contributed by atoms with Crippen LogP contribution >= 0.6 is 11.6 Å². The van der Waals surface area contributed by atoms with Gasteiger partial charge < -0.3 is 14.6 Å². The first-order chi connectivity index (χ1) is 15.4. The number of ether oxygens (including phenoxy) is 1. The van der Waals surface area contributed by atoms with Gasteiger partial charge in [0.2, 0.25) is 5.91 Å². The summed E-state index contributed by atoms with van der Waals surface area (Å²) in [5.41, 5.74) is 1.93. The van der Waals surface area contributed by atoms with Crippen molar-refractivity contribution >= 4 is 23.2 Å². The van der Waals surface area contributed by atoms with Crippen LogP contribution in [0.2, 0.25) is 5.02 Å². The van der Waals surface area contributed by atoms with Crippen LogP contribution in [-0.4, -0.2) is 44.5 Å². The van der Waals surface area contributed by atoms with Crippen molar-refractivity contribution in [2.75, 3.05) is 13.2 Å². The predicted molar refractivity (Wildman–Crippen MR) is 116 cm³/mol. The minimum Gasteiger partial charge on any atom is -0.368 e. The number of nitrogens with zero attached hydrogens (tertiary/aromatic N) is 4. The van der Waals surface area contributed by atoms with Crippen molar-refractivity contribution in [3.63, 3.8) is 0 Å². The molecule has 0 spiro atoms.